The third kappa shape index (κ3) is 9.71. The van der Waals surface area contributed by atoms with Crippen LogP contribution in [0.15, 0.2) is 23.3 Å². The molecule has 3 N–H and O–H groups in total. The van der Waals surface area contributed by atoms with Gasteiger partial charge in [0.15, 0.2) is 5.96 Å². The SMILES string of the molecule is CCNC(=NCCCNc1ccc(C(F)(F)F)cn1)NC(C)CC.I. The molecule has 5 nitrogen and oxygen atoms in total. The highest BCUT2D eigenvalue weighted by Crippen LogP contribution is 2.28. The second-order valence-corrected chi connectivity index (χ2v) is 5.42. The molecule has 0 aromatic carbocycles. The van der Waals surface area contributed by atoms with Gasteiger partial charge < -0.3 is 16.0 Å². The Balaban J connectivity index is 0.00000576. The molecule has 1 aromatic rings. The number of halogens is 4. The van der Waals surface area contributed by atoms with Gasteiger partial charge in [-0.15, -0.1) is 24.0 Å². The van der Waals surface area contributed by atoms with Crippen LogP contribution < -0.4 is 16.0 Å². The third-order valence-corrected chi connectivity index (χ3v) is 3.34. The number of anilines is 1. The average molecular weight is 473 g/mol. The quantitative estimate of drug-likeness (QED) is 0.232. The van der Waals surface area contributed by atoms with E-state index in [1.165, 1.54) is 6.07 Å². The Hall–Kier alpha value is -1.26. The summed E-state index contributed by atoms with van der Waals surface area (Å²) in [5.74, 6) is 1.20. The zero-order valence-electron chi connectivity index (χ0n) is 14.8. The van der Waals surface area contributed by atoms with Crippen LogP contribution in [0.2, 0.25) is 0 Å². The predicted molar refractivity (Wildman–Crippen MR) is 107 cm³/mol. The Bertz CT molecular complexity index is 505. The van der Waals surface area contributed by atoms with E-state index >= 15 is 0 Å². The minimum absolute atomic E-state index is 0. The molecule has 1 heterocycles. The van der Waals surface area contributed by atoms with Crippen molar-refractivity contribution in [3.05, 3.63) is 23.9 Å². The molecular weight excluding hydrogens is 446 g/mol. The van der Waals surface area contributed by atoms with E-state index in [0.717, 1.165) is 37.6 Å². The highest BCUT2D eigenvalue weighted by Gasteiger charge is 2.30. The molecule has 0 amide bonds. The fraction of sp³-hybridized carbons (Fsp3) is 0.625. The van der Waals surface area contributed by atoms with Gasteiger partial charge in [-0.05, 0) is 38.8 Å². The predicted octanol–water partition coefficient (Wildman–Crippen LogP) is 3.87. The van der Waals surface area contributed by atoms with Crippen LogP contribution in [0.1, 0.15) is 39.2 Å². The first-order valence-corrected chi connectivity index (χ1v) is 8.18. The van der Waals surface area contributed by atoms with Crippen LogP contribution in [-0.2, 0) is 6.18 Å². The molecule has 9 heteroatoms. The molecule has 1 unspecified atom stereocenters. The van der Waals surface area contributed by atoms with Gasteiger partial charge in [0.05, 0.1) is 5.56 Å². The highest BCUT2D eigenvalue weighted by molar-refractivity contribution is 14.0. The fourth-order valence-electron chi connectivity index (χ4n) is 1.81. The average Bonchev–Trinajstić information content (AvgIpc) is 2.54. The molecule has 0 spiro atoms. The molecule has 1 aromatic heterocycles. The van der Waals surface area contributed by atoms with E-state index in [9.17, 15) is 13.2 Å². The summed E-state index contributed by atoms with van der Waals surface area (Å²) in [4.78, 5) is 8.23. The van der Waals surface area contributed by atoms with Crippen molar-refractivity contribution in [1.82, 2.24) is 15.6 Å². The monoisotopic (exact) mass is 473 g/mol. The molecule has 0 aliphatic rings. The van der Waals surface area contributed by atoms with Crippen LogP contribution in [0, 0.1) is 0 Å². The molecule has 0 bridgehead atoms. The number of hydrogen-bond donors (Lipinski definition) is 3. The Morgan fingerprint density at radius 2 is 2.00 bits per heavy atom. The lowest BCUT2D eigenvalue weighted by Gasteiger charge is -2.16. The minimum Gasteiger partial charge on any atom is -0.370 e. The number of alkyl halides is 3. The van der Waals surface area contributed by atoms with Crippen molar-refractivity contribution < 1.29 is 13.2 Å². The van der Waals surface area contributed by atoms with Crippen LogP contribution in [0.3, 0.4) is 0 Å². The molecule has 0 saturated carbocycles. The van der Waals surface area contributed by atoms with Crippen molar-refractivity contribution in [1.29, 1.82) is 0 Å². The van der Waals surface area contributed by atoms with Gasteiger partial charge in [0.2, 0.25) is 0 Å². The molecule has 0 fully saturated rings. The summed E-state index contributed by atoms with van der Waals surface area (Å²) in [6.07, 6.45) is -1.77. The Morgan fingerprint density at radius 3 is 2.52 bits per heavy atom. The molecule has 0 saturated heterocycles. The van der Waals surface area contributed by atoms with Gasteiger partial charge in [-0.1, -0.05) is 6.92 Å². The van der Waals surface area contributed by atoms with Gasteiger partial charge in [0, 0.05) is 31.9 Å². The van der Waals surface area contributed by atoms with Crippen molar-refractivity contribution in [2.75, 3.05) is 25.0 Å². The topological polar surface area (TPSA) is 61.3 Å². The molecule has 1 rings (SSSR count). The third-order valence-electron chi connectivity index (χ3n) is 3.34. The van der Waals surface area contributed by atoms with E-state index < -0.39 is 11.7 Å². The number of guanidine groups is 1. The van der Waals surface area contributed by atoms with E-state index in [-0.39, 0.29) is 24.0 Å². The molecule has 0 aliphatic carbocycles. The number of rotatable bonds is 8. The number of hydrogen-bond acceptors (Lipinski definition) is 3. The van der Waals surface area contributed by atoms with Crippen molar-refractivity contribution in [3.63, 3.8) is 0 Å². The summed E-state index contributed by atoms with van der Waals surface area (Å²) in [7, 11) is 0. The number of nitrogens with zero attached hydrogens (tertiary/aromatic N) is 2. The van der Waals surface area contributed by atoms with E-state index in [1.807, 2.05) is 6.92 Å². The minimum atomic E-state index is -4.36. The van der Waals surface area contributed by atoms with E-state index in [1.54, 1.807) is 0 Å². The summed E-state index contributed by atoms with van der Waals surface area (Å²) < 4.78 is 37.3. The van der Waals surface area contributed by atoms with Gasteiger partial charge in [-0.2, -0.15) is 13.2 Å². The molecule has 144 valence electrons. The summed E-state index contributed by atoms with van der Waals surface area (Å²) in [5, 5.41) is 9.46. The molecule has 0 aliphatic heterocycles. The van der Waals surface area contributed by atoms with Crippen LogP contribution in [0.5, 0.6) is 0 Å². The zero-order chi connectivity index (χ0) is 18.0. The Morgan fingerprint density at radius 1 is 1.28 bits per heavy atom. The van der Waals surface area contributed by atoms with Crippen molar-refractivity contribution >= 4 is 35.8 Å². The lowest BCUT2D eigenvalue weighted by Crippen LogP contribution is -2.42. The maximum Gasteiger partial charge on any atom is 0.417 e. The van der Waals surface area contributed by atoms with Gasteiger partial charge in [0.25, 0.3) is 0 Å². The van der Waals surface area contributed by atoms with Gasteiger partial charge in [-0.3, -0.25) is 4.99 Å². The normalized spacial score (nSPS) is 13.0. The van der Waals surface area contributed by atoms with E-state index in [2.05, 4.69) is 39.8 Å². The molecule has 0 radical (unpaired) electrons. The summed E-state index contributed by atoms with van der Waals surface area (Å²) >= 11 is 0. The zero-order valence-corrected chi connectivity index (χ0v) is 17.1. The molecule has 1 atom stereocenters. The second kappa shape index (κ2) is 12.2. The van der Waals surface area contributed by atoms with Crippen LogP contribution in [-0.4, -0.2) is 36.6 Å². The standard InChI is InChI=1S/C16H26F3N5.HI/c1-4-12(3)24-15(20-5-2)22-10-6-9-21-14-8-7-13(11-23-14)16(17,18)19;/h7-8,11-12H,4-6,9-10H2,1-3H3,(H,21,23)(H2,20,22,24);1H. The number of nitrogens with one attached hydrogen (secondary N) is 3. The van der Waals surface area contributed by atoms with Crippen LogP contribution >= 0.6 is 24.0 Å². The molecule has 25 heavy (non-hydrogen) atoms. The number of aromatic nitrogens is 1. The summed E-state index contributed by atoms with van der Waals surface area (Å²) in [6, 6.07) is 2.70. The Labute approximate surface area is 164 Å². The number of aliphatic imine (C=N–C) groups is 1. The molecular formula is C16H27F3IN5. The first-order valence-electron chi connectivity index (χ1n) is 8.18. The largest absolute Gasteiger partial charge is 0.417 e. The van der Waals surface area contributed by atoms with Crippen molar-refractivity contribution in [3.8, 4) is 0 Å². The maximum atomic E-state index is 12.4. The maximum absolute atomic E-state index is 12.4. The van der Waals surface area contributed by atoms with E-state index in [4.69, 9.17) is 0 Å². The van der Waals surface area contributed by atoms with Crippen molar-refractivity contribution in [2.24, 2.45) is 4.99 Å². The van der Waals surface area contributed by atoms with Gasteiger partial charge >= 0.3 is 6.18 Å². The van der Waals surface area contributed by atoms with Gasteiger partial charge in [-0.25, -0.2) is 4.98 Å². The second-order valence-electron chi connectivity index (χ2n) is 5.42. The Kier molecular flexibility index (Phi) is 11.5. The lowest BCUT2D eigenvalue weighted by molar-refractivity contribution is -0.137. The van der Waals surface area contributed by atoms with Crippen LogP contribution in [0.25, 0.3) is 0 Å². The summed E-state index contributed by atoms with van der Waals surface area (Å²) in [6.45, 7) is 8.18. The summed E-state index contributed by atoms with van der Waals surface area (Å²) in [5.41, 5.74) is -0.746. The first-order chi connectivity index (χ1) is 11.4. The van der Waals surface area contributed by atoms with Gasteiger partial charge in [0.1, 0.15) is 5.82 Å². The highest BCUT2D eigenvalue weighted by atomic mass is 127. The van der Waals surface area contributed by atoms with E-state index in [0.29, 0.717) is 24.9 Å². The van der Waals surface area contributed by atoms with Crippen LogP contribution in [0.4, 0.5) is 19.0 Å². The first kappa shape index (κ1) is 23.7. The number of pyridine rings is 1. The lowest BCUT2D eigenvalue weighted by atomic mass is 10.3. The van der Waals surface area contributed by atoms with Crippen molar-refractivity contribution in [2.45, 2.75) is 45.8 Å². The smallest absolute Gasteiger partial charge is 0.370 e. The fourth-order valence-corrected chi connectivity index (χ4v) is 1.81.